The third kappa shape index (κ3) is 3.97. The molecule has 1 amide bonds. The standard InChI is InChI=1S/C18H28N4O3/c1-18(2,3)24-17(23)19-14-7-6-12-8-22(9-13(12)14)10-15-20-16(25-21-15)11-4-5-11/h11-14H,4-10H2,1-3H3,(H,19,23). The molecule has 2 saturated carbocycles. The zero-order chi connectivity index (χ0) is 17.6. The van der Waals surface area contributed by atoms with Crippen LogP contribution in [-0.4, -0.2) is 45.9 Å². The van der Waals surface area contributed by atoms with E-state index in [1.807, 2.05) is 20.8 Å². The molecule has 3 aliphatic rings. The third-order valence-electron chi connectivity index (χ3n) is 5.41. The van der Waals surface area contributed by atoms with E-state index in [2.05, 4.69) is 20.4 Å². The first-order chi connectivity index (χ1) is 11.9. The van der Waals surface area contributed by atoms with E-state index >= 15 is 0 Å². The van der Waals surface area contributed by atoms with Crippen LogP contribution in [0.4, 0.5) is 4.79 Å². The summed E-state index contributed by atoms with van der Waals surface area (Å²) in [6.07, 6.45) is 4.24. The van der Waals surface area contributed by atoms with Crippen molar-refractivity contribution in [1.29, 1.82) is 0 Å². The van der Waals surface area contributed by atoms with Gasteiger partial charge in [-0.15, -0.1) is 0 Å². The van der Waals surface area contributed by atoms with Gasteiger partial charge in [0.2, 0.25) is 5.89 Å². The predicted octanol–water partition coefficient (Wildman–Crippen LogP) is 2.68. The van der Waals surface area contributed by atoms with Gasteiger partial charge in [-0.3, -0.25) is 4.90 Å². The SMILES string of the molecule is CC(C)(C)OC(=O)NC1CCC2CN(Cc3noc(C4CC4)n3)CC21. The number of aromatic nitrogens is 2. The quantitative estimate of drug-likeness (QED) is 0.901. The summed E-state index contributed by atoms with van der Waals surface area (Å²) in [5.41, 5.74) is -0.457. The molecule has 2 heterocycles. The zero-order valence-electron chi connectivity index (χ0n) is 15.3. The Kier molecular flexibility index (Phi) is 4.22. The van der Waals surface area contributed by atoms with Crippen LogP contribution in [0.2, 0.25) is 0 Å². The highest BCUT2D eigenvalue weighted by atomic mass is 16.6. The number of carbonyl (C=O) groups is 1. The minimum atomic E-state index is -0.457. The molecule has 1 aliphatic heterocycles. The molecule has 4 rings (SSSR count). The van der Waals surface area contributed by atoms with Crippen LogP contribution in [0.3, 0.4) is 0 Å². The van der Waals surface area contributed by atoms with E-state index < -0.39 is 5.60 Å². The molecule has 1 aromatic rings. The largest absolute Gasteiger partial charge is 0.444 e. The topological polar surface area (TPSA) is 80.5 Å². The summed E-state index contributed by atoms with van der Waals surface area (Å²) in [6.45, 7) is 8.43. The van der Waals surface area contributed by atoms with Gasteiger partial charge in [0.1, 0.15) is 5.60 Å². The van der Waals surface area contributed by atoms with E-state index in [4.69, 9.17) is 9.26 Å². The lowest BCUT2D eigenvalue weighted by Crippen LogP contribution is -2.42. The first-order valence-corrected chi connectivity index (χ1v) is 9.42. The Morgan fingerprint density at radius 3 is 2.80 bits per heavy atom. The first kappa shape index (κ1) is 16.8. The smallest absolute Gasteiger partial charge is 0.407 e. The van der Waals surface area contributed by atoms with Gasteiger partial charge >= 0.3 is 6.09 Å². The average molecular weight is 348 g/mol. The fraction of sp³-hybridized carbons (Fsp3) is 0.833. The average Bonchev–Trinajstić information content (AvgIpc) is 2.95. The molecule has 3 atom stereocenters. The van der Waals surface area contributed by atoms with Gasteiger partial charge in [-0.25, -0.2) is 4.79 Å². The maximum Gasteiger partial charge on any atom is 0.407 e. The molecule has 3 fully saturated rings. The van der Waals surface area contributed by atoms with Crippen molar-refractivity contribution in [3.05, 3.63) is 11.7 Å². The molecule has 0 bridgehead atoms. The molecule has 0 aromatic carbocycles. The normalized spacial score (nSPS) is 29.6. The lowest BCUT2D eigenvalue weighted by atomic mass is 9.98. The zero-order valence-corrected chi connectivity index (χ0v) is 15.3. The van der Waals surface area contributed by atoms with Gasteiger partial charge in [-0.05, 0) is 58.3 Å². The van der Waals surface area contributed by atoms with Crippen LogP contribution in [0.5, 0.6) is 0 Å². The van der Waals surface area contributed by atoms with Crippen molar-refractivity contribution in [2.75, 3.05) is 13.1 Å². The van der Waals surface area contributed by atoms with Gasteiger partial charge in [-0.1, -0.05) is 5.16 Å². The highest BCUT2D eigenvalue weighted by Crippen LogP contribution is 2.40. The molecule has 7 heteroatoms. The maximum atomic E-state index is 12.1. The fourth-order valence-electron chi connectivity index (χ4n) is 4.15. The van der Waals surface area contributed by atoms with E-state index in [9.17, 15) is 4.79 Å². The summed E-state index contributed by atoms with van der Waals surface area (Å²) in [6, 6.07) is 0.206. The molecule has 7 nitrogen and oxygen atoms in total. The van der Waals surface area contributed by atoms with Crippen LogP contribution in [0.1, 0.15) is 64.1 Å². The van der Waals surface area contributed by atoms with Crippen LogP contribution in [0.15, 0.2) is 4.52 Å². The van der Waals surface area contributed by atoms with Crippen molar-refractivity contribution in [3.8, 4) is 0 Å². The summed E-state index contributed by atoms with van der Waals surface area (Å²) in [5.74, 6) is 3.22. The Morgan fingerprint density at radius 1 is 1.28 bits per heavy atom. The monoisotopic (exact) mass is 348 g/mol. The number of likely N-dealkylation sites (tertiary alicyclic amines) is 1. The fourth-order valence-corrected chi connectivity index (χ4v) is 4.15. The molecular weight excluding hydrogens is 320 g/mol. The molecule has 25 heavy (non-hydrogen) atoms. The Morgan fingerprint density at radius 2 is 2.08 bits per heavy atom. The summed E-state index contributed by atoms with van der Waals surface area (Å²) in [7, 11) is 0. The molecule has 138 valence electrons. The maximum absolute atomic E-state index is 12.1. The van der Waals surface area contributed by atoms with Crippen LogP contribution < -0.4 is 5.32 Å². The number of carbonyl (C=O) groups excluding carboxylic acids is 1. The number of rotatable bonds is 4. The van der Waals surface area contributed by atoms with Crippen molar-refractivity contribution in [3.63, 3.8) is 0 Å². The van der Waals surface area contributed by atoms with Gasteiger partial charge in [0.15, 0.2) is 5.82 Å². The number of nitrogens with one attached hydrogen (secondary N) is 1. The highest BCUT2D eigenvalue weighted by molar-refractivity contribution is 5.68. The van der Waals surface area contributed by atoms with E-state index in [-0.39, 0.29) is 12.1 Å². The van der Waals surface area contributed by atoms with E-state index in [1.165, 1.54) is 12.8 Å². The van der Waals surface area contributed by atoms with Crippen LogP contribution in [0, 0.1) is 11.8 Å². The number of alkyl carbamates (subject to hydrolysis) is 1. The van der Waals surface area contributed by atoms with E-state index in [1.54, 1.807) is 0 Å². The minimum absolute atomic E-state index is 0.206. The second kappa shape index (κ2) is 6.27. The second-order valence-corrected chi connectivity index (χ2v) is 8.77. The van der Waals surface area contributed by atoms with Gasteiger partial charge in [-0.2, -0.15) is 4.98 Å². The number of fused-ring (bicyclic) bond motifs is 1. The molecule has 1 saturated heterocycles. The highest BCUT2D eigenvalue weighted by Gasteiger charge is 2.43. The number of ether oxygens (including phenoxy) is 1. The van der Waals surface area contributed by atoms with Gasteiger partial charge in [0.05, 0.1) is 6.54 Å². The third-order valence-corrected chi connectivity index (χ3v) is 5.41. The van der Waals surface area contributed by atoms with E-state index in [0.29, 0.717) is 17.8 Å². The molecule has 1 N–H and O–H groups in total. The van der Waals surface area contributed by atoms with Crippen molar-refractivity contribution in [2.24, 2.45) is 11.8 Å². The number of hydrogen-bond donors (Lipinski definition) is 1. The molecule has 3 unspecified atom stereocenters. The first-order valence-electron chi connectivity index (χ1n) is 9.42. The van der Waals surface area contributed by atoms with Crippen molar-refractivity contribution < 1.29 is 14.1 Å². The predicted molar refractivity (Wildman–Crippen MR) is 90.9 cm³/mol. The second-order valence-electron chi connectivity index (χ2n) is 8.77. The van der Waals surface area contributed by atoms with Crippen molar-refractivity contribution >= 4 is 6.09 Å². The summed E-state index contributed by atoms with van der Waals surface area (Å²) >= 11 is 0. The van der Waals surface area contributed by atoms with Gasteiger partial charge in [0.25, 0.3) is 0 Å². The molecular formula is C18H28N4O3. The Labute approximate surface area is 148 Å². The van der Waals surface area contributed by atoms with Gasteiger partial charge in [0, 0.05) is 25.0 Å². The van der Waals surface area contributed by atoms with Crippen LogP contribution >= 0.6 is 0 Å². The minimum Gasteiger partial charge on any atom is -0.444 e. The molecule has 0 radical (unpaired) electrons. The lowest BCUT2D eigenvalue weighted by molar-refractivity contribution is 0.0491. The number of amides is 1. The number of hydrogen-bond acceptors (Lipinski definition) is 6. The summed E-state index contributed by atoms with van der Waals surface area (Å²) in [4.78, 5) is 19.0. The van der Waals surface area contributed by atoms with E-state index in [0.717, 1.165) is 44.2 Å². The summed E-state index contributed by atoms with van der Waals surface area (Å²) < 4.78 is 10.8. The molecule has 2 aliphatic carbocycles. The summed E-state index contributed by atoms with van der Waals surface area (Å²) in [5, 5.41) is 7.21. The Bertz CT molecular complexity index is 635. The van der Waals surface area contributed by atoms with Crippen LogP contribution in [-0.2, 0) is 11.3 Å². The molecule has 0 spiro atoms. The van der Waals surface area contributed by atoms with Crippen LogP contribution in [0.25, 0.3) is 0 Å². The Hall–Kier alpha value is -1.63. The van der Waals surface area contributed by atoms with Crippen molar-refractivity contribution in [1.82, 2.24) is 20.4 Å². The van der Waals surface area contributed by atoms with Crippen molar-refractivity contribution in [2.45, 2.75) is 70.6 Å². The van der Waals surface area contributed by atoms with Gasteiger partial charge < -0.3 is 14.6 Å². The number of nitrogens with zero attached hydrogens (tertiary/aromatic N) is 3. The lowest BCUT2D eigenvalue weighted by Gasteiger charge is -2.24. The Balaban J connectivity index is 1.30. The molecule has 1 aromatic heterocycles.